The Morgan fingerprint density at radius 2 is 1.54 bits per heavy atom. The van der Waals surface area contributed by atoms with Crippen molar-refractivity contribution in [2.24, 2.45) is 0 Å². The smallest absolute Gasteiger partial charge is 0.347 e. The van der Waals surface area contributed by atoms with E-state index in [1.165, 1.54) is 0 Å². The third-order valence-corrected chi connectivity index (χ3v) is 7.56. The van der Waals surface area contributed by atoms with E-state index in [9.17, 15) is 45.0 Å². The molecule has 0 saturated carbocycles. The van der Waals surface area contributed by atoms with Crippen LogP contribution >= 0.6 is 0 Å². The van der Waals surface area contributed by atoms with Crippen LogP contribution in [-0.2, 0) is 19.1 Å². The van der Waals surface area contributed by atoms with Crippen molar-refractivity contribution in [1.29, 1.82) is 0 Å². The summed E-state index contributed by atoms with van der Waals surface area (Å²) in [6.07, 6.45) is 2.87. The molecule has 0 amide bonds. The lowest BCUT2D eigenvalue weighted by Gasteiger charge is -2.31. The molecule has 5 rings (SSSR count). The highest BCUT2D eigenvalue weighted by atomic mass is 16.6. The molecule has 0 saturated heterocycles. The molecule has 3 aliphatic rings. The van der Waals surface area contributed by atoms with Gasteiger partial charge < -0.3 is 40.1 Å². The van der Waals surface area contributed by atoms with E-state index in [4.69, 9.17) is 9.47 Å². The Kier molecular flexibility index (Phi) is 7.00. The van der Waals surface area contributed by atoms with Gasteiger partial charge >= 0.3 is 11.9 Å². The number of carbonyl (C=O) groups is 3. The van der Waals surface area contributed by atoms with Crippen molar-refractivity contribution in [1.82, 2.24) is 0 Å². The maximum atomic E-state index is 13.5. The van der Waals surface area contributed by atoms with Crippen molar-refractivity contribution >= 4 is 34.6 Å². The number of allylic oxidation sites excluding steroid dienone is 2. The molecule has 0 aromatic heterocycles. The van der Waals surface area contributed by atoms with Gasteiger partial charge in [-0.1, -0.05) is 39.2 Å². The van der Waals surface area contributed by atoms with Gasteiger partial charge in [0.25, 0.3) is 0 Å². The summed E-state index contributed by atoms with van der Waals surface area (Å²) >= 11 is 0. The van der Waals surface area contributed by atoms with Crippen LogP contribution in [0, 0.1) is 0 Å². The lowest BCUT2D eigenvalue weighted by Crippen LogP contribution is -2.26. The zero-order valence-electron chi connectivity index (χ0n) is 22.1. The van der Waals surface area contributed by atoms with Gasteiger partial charge in [0.1, 0.15) is 35.0 Å². The van der Waals surface area contributed by atoms with Crippen molar-refractivity contribution in [3.05, 3.63) is 63.9 Å². The third-order valence-electron chi connectivity index (χ3n) is 7.56. The van der Waals surface area contributed by atoms with Crippen LogP contribution in [0.4, 0.5) is 0 Å². The standard InChI is InChI=1S/C30H28O11/c1-3-4-5-6-7-8-19-22-14(10-18(33)26(35)28(22)37)23(29(38)41-19)20-13-9-15-24(30(39)40-12(2)25(15)34)27(36)21(13)17(32)11-16(20)31/h9-11,19,25,32-37H,2-8H2,1H3/t19-,25+/m1/s1. The first-order valence-electron chi connectivity index (χ1n) is 13.2. The molecule has 2 aromatic rings. The number of hydrogen-bond donors (Lipinski definition) is 6. The largest absolute Gasteiger partial charge is 0.507 e. The topological polar surface area (TPSA) is 191 Å². The second-order valence-corrected chi connectivity index (χ2v) is 10.2. The zero-order chi connectivity index (χ0) is 29.7. The highest BCUT2D eigenvalue weighted by Gasteiger charge is 2.42. The molecule has 214 valence electrons. The van der Waals surface area contributed by atoms with Crippen LogP contribution in [0.2, 0.25) is 0 Å². The summed E-state index contributed by atoms with van der Waals surface area (Å²) in [6, 6.07) is 2.17. The maximum Gasteiger partial charge on any atom is 0.347 e. The first-order chi connectivity index (χ1) is 19.5. The minimum atomic E-state index is -1.60. The number of ether oxygens (including phenoxy) is 2. The SMILES string of the molecule is C=C1OC(=O)c2c(cc3c(c2O)C(O)=CC(=O)C3=C2C(=O)O[C@H](CCCCCCC)c3c2cc(O)c(O)c3O)[C@H]1O. The molecule has 2 heterocycles. The van der Waals surface area contributed by atoms with E-state index in [-0.39, 0.29) is 33.6 Å². The fourth-order valence-electron chi connectivity index (χ4n) is 5.56. The summed E-state index contributed by atoms with van der Waals surface area (Å²) in [4.78, 5) is 39.4. The predicted molar refractivity (Wildman–Crippen MR) is 144 cm³/mol. The summed E-state index contributed by atoms with van der Waals surface area (Å²) < 4.78 is 10.6. The van der Waals surface area contributed by atoms with Crippen LogP contribution in [0.1, 0.15) is 95.8 Å². The molecule has 0 bridgehead atoms. The average Bonchev–Trinajstić information content (AvgIpc) is 2.91. The van der Waals surface area contributed by atoms with Crippen molar-refractivity contribution < 1.29 is 54.5 Å². The maximum absolute atomic E-state index is 13.5. The molecule has 11 nitrogen and oxygen atoms in total. The number of phenolic OH excluding ortho intramolecular Hbond substituents is 4. The van der Waals surface area contributed by atoms with Crippen LogP contribution in [0.3, 0.4) is 0 Å². The number of ketones is 1. The Bertz CT molecular complexity index is 1590. The van der Waals surface area contributed by atoms with E-state index in [1.807, 2.05) is 0 Å². The van der Waals surface area contributed by atoms with Crippen molar-refractivity contribution in [2.45, 2.75) is 57.7 Å². The van der Waals surface area contributed by atoms with E-state index in [1.54, 1.807) is 0 Å². The molecular formula is C30H28O11. The number of benzene rings is 2. The van der Waals surface area contributed by atoms with Gasteiger partial charge in [-0.05, 0) is 25.0 Å². The Balaban J connectivity index is 1.76. The normalized spacial score (nSPS) is 21.5. The number of aromatic hydroxyl groups is 4. The second-order valence-electron chi connectivity index (χ2n) is 10.2. The van der Waals surface area contributed by atoms with Crippen LogP contribution < -0.4 is 0 Å². The Hall–Kier alpha value is -4.77. The van der Waals surface area contributed by atoms with E-state index < -0.39 is 75.4 Å². The van der Waals surface area contributed by atoms with Gasteiger partial charge in [0.05, 0.1) is 11.1 Å². The Morgan fingerprint density at radius 1 is 0.829 bits per heavy atom. The summed E-state index contributed by atoms with van der Waals surface area (Å²) in [7, 11) is 0. The molecule has 11 heteroatoms. The number of hydrogen-bond acceptors (Lipinski definition) is 11. The number of esters is 2. The monoisotopic (exact) mass is 564 g/mol. The fraction of sp³-hybridized carbons (Fsp3) is 0.300. The lowest BCUT2D eigenvalue weighted by molar-refractivity contribution is -0.143. The molecule has 0 fully saturated rings. The predicted octanol–water partition coefficient (Wildman–Crippen LogP) is 4.58. The third kappa shape index (κ3) is 4.38. The minimum Gasteiger partial charge on any atom is -0.507 e. The van der Waals surface area contributed by atoms with Crippen molar-refractivity contribution in [2.75, 3.05) is 0 Å². The van der Waals surface area contributed by atoms with Gasteiger partial charge in [-0.3, -0.25) is 4.79 Å². The van der Waals surface area contributed by atoms with E-state index in [0.29, 0.717) is 12.8 Å². The summed E-state index contributed by atoms with van der Waals surface area (Å²) in [5.74, 6) is -7.13. The van der Waals surface area contributed by atoms with Crippen LogP contribution in [0.15, 0.2) is 30.5 Å². The molecule has 2 aliphatic heterocycles. The second kappa shape index (κ2) is 10.3. The van der Waals surface area contributed by atoms with Gasteiger partial charge in [-0.2, -0.15) is 0 Å². The van der Waals surface area contributed by atoms with Gasteiger partial charge in [0, 0.05) is 33.9 Å². The summed E-state index contributed by atoms with van der Waals surface area (Å²) in [5, 5.41) is 63.8. The van der Waals surface area contributed by atoms with Crippen LogP contribution in [0.5, 0.6) is 23.0 Å². The zero-order valence-corrected chi connectivity index (χ0v) is 22.1. The number of cyclic esters (lactones) is 2. The molecule has 41 heavy (non-hydrogen) atoms. The van der Waals surface area contributed by atoms with E-state index in [0.717, 1.165) is 43.9 Å². The van der Waals surface area contributed by atoms with Crippen molar-refractivity contribution in [3.63, 3.8) is 0 Å². The number of aliphatic hydroxyl groups excluding tert-OH is 2. The van der Waals surface area contributed by atoms with Crippen molar-refractivity contribution in [3.8, 4) is 23.0 Å². The number of unbranched alkanes of at least 4 members (excludes halogenated alkanes) is 4. The Labute approximate surface area is 233 Å². The van der Waals surface area contributed by atoms with Crippen LogP contribution in [0.25, 0.3) is 16.9 Å². The number of aliphatic hydroxyl groups is 2. The first kappa shape index (κ1) is 27.8. The van der Waals surface area contributed by atoms with Gasteiger partial charge in [0.15, 0.2) is 17.3 Å². The molecule has 0 unspecified atom stereocenters. The van der Waals surface area contributed by atoms with Gasteiger partial charge in [-0.25, -0.2) is 9.59 Å². The van der Waals surface area contributed by atoms with E-state index >= 15 is 0 Å². The number of fused-ring (bicyclic) bond motifs is 3. The Morgan fingerprint density at radius 3 is 2.24 bits per heavy atom. The highest BCUT2D eigenvalue weighted by molar-refractivity contribution is 6.44. The molecule has 2 aromatic carbocycles. The van der Waals surface area contributed by atoms with E-state index in [2.05, 4.69) is 13.5 Å². The number of carbonyl (C=O) groups excluding carboxylic acids is 3. The molecular weight excluding hydrogens is 536 g/mol. The molecule has 6 N–H and O–H groups in total. The molecule has 2 atom stereocenters. The molecule has 1 aliphatic carbocycles. The summed E-state index contributed by atoms with van der Waals surface area (Å²) in [6.45, 7) is 5.54. The minimum absolute atomic E-state index is 0.0230. The first-order valence-corrected chi connectivity index (χ1v) is 13.2. The van der Waals surface area contributed by atoms with Gasteiger partial charge in [0.2, 0.25) is 5.75 Å². The fourth-order valence-corrected chi connectivity index (χ4v) is 5.56. The average molecular weight is 565 g/mol. The summed E-state index contributed by atoms with van der Waals surface area (Å²) in [5.41, 5.74) is -2.20. The molecule has 0 spiro atoms. The molecule has 0 radical (unpaired) electrons. The number of phenols is 4. The highest BCUT2D eigenvalue weighted by Crippen LogP contribution is 2.53. The lowest BCUT2D eigenvalue weighted by atomic mass is 9.79. The quantitative estimate of drug-likeness (QED) is 0.125. The van der Waals surface area contributed by atoms with Crippen LogP contribution in [-0.4, -0.2) is 48.4 Å². The number of rotatable bonds is 6. The van der Waals surface area contributed by atoms with Gasteiger partial charge in [-0.15, -0.1) is 0 Å².